The van der Waals surface area contributed by atoms with Crippen LogP contribution in [-0.4, -0.2) is 22.2 Å². The van der Waals surface area contributed by atoms with Gasteiger partial charge in [0.15, 0.2) is 0 Å². The van der Waals surface area contributed by atoms with Crippen molar-refractivity contribution in [3.05, 3.63) is 60.3 Å². The fourth-order valence-electron chi connectivity index (χ4n) is 1.69. The quantitative estimate of drug-likeness (QED) is 0.832. The van der Waals surface area contributed by atoms with Gasteiger partial charge in [0, 0.05) is 12.7 Å². The van der Waals surface area contributed by atoms with Gasteiger partial charge in [-0.15, -0.1) is 0 Å². The first-order chi connectivity index (χ1) is 10.6. The molecule has 0 saturated heterocycles. The van der Waals surface area contributed by atoms with Crippen LogP contribution >= 0.6 is 11.8 Å². The van der Waals surface area contributed by atoms with E-state index in [4.69, 9.17) is 0 Å². The van der Waals surface area contributed by atoms with E-state index in [9.17, 15) is 9.59 Å². The third kappa shape index (κ3) is 5.21. The number of carbonyl (C=O) groups excluding carboxylic acids is 2. The number of thioether (sulfide) groups is 1. The molecule has 3 amide bonds. The predicted octanol–water partition coefficient (Wildman–Crippen LogP) is 2.59. The summed E-state index contributed by atoms with van der Waals surface area (Å²) in [5.41, 5.74) is 0.973. The Kier molecular flexibility index (Phi) is 5.97. The summed E-state index contributed by atoms with van der Waals surface area (Å²) in [6, 6.07) is 14.5. The molecule has 1 atom stereocenters. The van der Waals surface area contributed by atoms with Crippen LogP contribution in [0, 0.1) is 0 Å². The minimum atomic E-state index is -0.498. The van der Waals surface area contributed by atoms with Crippen LogP contribution in [-0.2, 0) is 11.3 Å². The monoisotopic (exact) mass is 315 g/mol. The maximum Gasteiger partial charge on any atom is 0.321 e. The average molecular weight is 315 g/mol. The number of hydrogen-bond donors (Lipinski definition) is 2. The van der Waals surface area contributed by atoms with Crippen LogP contribution < -0.4 is 10.6 Å². The first-order valence-electron chi connectivity index (χ1n) is 6.85. The molecule has 1 unspecified atom stereocenters. The van der Waals surface area contributed by atoms with Crippen LogP contribution in [0.25, 0.3) is 0 Å². The molecule has 2 N–H and O–H groups in total. The molecule has 1 heterocycles. The van der Waals surface area contributed by atoms with Crippen LogP contribution in [0.1, 0.15) is 12.5 Å². The lowest BCUT2D eigenvalue weighted by Gasteiger charge is -2.11. The van der Waals surface area contributed by atoms with Gasteiger partial charge in [0.2, 0.25) is 5.91 Å². The van der Waals surface area contributed by atoms with Gasteiger partial charge < -0.3 is 5.32 Å². The smallest absolute Gasteiger partial charge is 0.321 e. The number of pyridine rings is 1. The van der Waals surface area contributed by atoms with Crippen LogP contribution in [0.5, 0.6) is 0 Å². The number of nitrogens with zero attached hydrogens (tertiary/aromatic N) is 1. The minimum Gasteiger partial charge on any atom is -0.334 e. The van der Waals surface area contributed by atoms with Gasteiger partial charge in [0.1, 0.15) is 0 Å². The van der Waals surface area contributed by atoms with Crippen molar-refractivity contribution in [3.8, 4) is 0 Å². The number of benzene rings is 1. The van der Waals surface area contributed by atoms with Crippen molar-refractivity contribution in [2.24, 2.45) is 0 Å². The lowest BCUT2D eigenvalue weighted by atomic mass is 10.2. The predicted molar refractivity (Wildman–Crippen MR) is 86.4 cm³/mol. The van der Waals surface area contributed by atoms with E-state index >= 15 is 0 Å². The summed E-state index contributed by atoms with van der Waals surface area (Å²) < 4.78 is 0. The molecule has 22 heavy (non-hydrogen) atoms. The van der Waals surface area contributed by atoms with E-state index in [1.54, 1.807) is 13.1 Å². The Labute approximate surface area is 133 Å². The average Bonchev–Trinajstić information content (AvgIpc) is 2.55. The number of urea groups is 1. The van der Waals surface area contributed by atoms with E-state index in [0.29, 0.717) is 6.54 Å². The summed E-state index contributed by atoms with van der Waals surface area (Å²) >= 11 is 1.30. The fourth-order valence-corrected chi connectivity index (χ4v) is 2.49. The zero-order chi connectivity index (χ0) is 15.8. The van der Waals surface area contributed by atoms with Crippen molar-refractivity contribution in [1.29, 1.82) is 0 Å². The summed E-state index contributed by atoms with van der Waals surface area (Å²) in [7, 11) is 0. The second-order valence-electron chi connectivity index (χ2n) is 4.59. The highest BCUT2D eigenvalue weighted by molar-refractivity contribution is 8.00. The SMILES string of the molecule is CC(Sc1ccccn1)C(=O)NC(=O)NCc1ccccc1. The molecule has 1 aromatic carbocycles. The Morgan fingerprint density at radius 2 is 1.86 bits per heavy atom. The lowest BCUT2D eigenvalue weighted by Crippen LogP contribution is -2.42. The van der Waals surface area contributed by atoms with Gasteiger partial charge in [-0.2, -0.15) is 0 Å². The Balaban J connectivity index is 1.77. The van der Waals surface area contributed by atoms with Gasteiger partial charge in [0.25, 0.3) is 0 Å². The topological polar surface area (TPSA) is 71.1 Å². The van der Waals surface area contributed by atoms with Gasteiger partial charge in [-0.25, -0.2) is 9.78 Å². The van der Waals surface area contributed by atoms with E-state index in [0.717, 1.165) is 10.6 Å². The summed E-state index contributed by atoms with van der Waals surface area (Å²) in [6.45, 7) is 2.11. The molecule has 1 aromatic heterocycles. The number of carbonyl (C=O) groups is 2. The number of hydrogen-bond acceptors (Lipinski definition) is 4. The molecule has 5 nitrogen and oxygen atoms in total. The number of nitrogens with one attached hydrogen (secondary N) is 2. The normalized spacial score (nSPS) is 11.5. The van der Waals surface area contributed by atoms with Crippen molar-refractivity contribution in [3.63, 3.8) is 0 Å². The van der Waals surface area contributed by atoms with Crippen LogP contribution in [0.3, 0.4) is 0 Å². The molecule has 114 valence electrons. The van der Waals surface area contributed by atoms with E-state index < -0.39 is 11.3 Å². The van der Waals surface area contributed by atoms with E-state index in [1.165, 1.54) is 11.8 Å². The Morgan fingerprint density at radius 3 is 2.55 bits per heavy atom. The second-order valence-corrected chi connectivity index (χ2v) is 5.95. The highest BCUT2D eigenvalue weighted by Gasteiger charge is 2.17. The second kappa shape index (κ2) is 8.19. The highest BCUT2D eigenvalue weighted by atomic mass is 32.2. The summed E-state index contributed by atoms with van der Waals surface area (Å²) in [4.78, 5) is 27.8. The third-order valence-corrected chi connectivity index (χ3v) is 3.89. The van der Waals surface area contributed by atoms with E-state index in [1.807, 2.05) is 48.5 Å². The van der Waals surface area contributed by atoms with Crippen molar-refractivity contribution >= 4 is 23.7 Å². The zero-order valence-electron chi connectivity index (χ0n) is 12.2. The number of imide groups is 1. The van der Waals surface area contributed by atoms with Crippen molar-refractivity contribution in [2.75, 3.05) is 0 Å². The molecule has 0 bridgehead atoms. The van der Waals surface area contributed by atoms with Gasteiger partial charge >= 0.3 is 6.03 Å². The molecule has 0 fully saturated rings. The van der Waals surface area contributed by atoms with Crippen molar-refractivity contribution < 1.29 is 9.59 Å². The Hall–Kier alpha value is -2.34. The first-order valence-corrected chi connectivity index (χ1v) is 7.73. The summed E-state index contributed by atoms with van der Waals surface area (Å²) in [5.74, 6) is -0.346. The van der Waals surface area contributed by atoms with Crippen LogP contribution in [0.4, 0.5) is 4.79 Å². The molecule has 0 saturated carbocycles. The van der Waals surface area contributed by atoms with Crippen molar-refractivity contribution in [2.45, 2.75) is 23.7 Å². The van der Waals surface area contributed by atoms with Crippen LogP contribution in [0.15, 0.2) is 59.8 Å². The van der Waals surface area contributed by atoms with Gasteiger partial charge in [-0.05, 0) is 24.6 Å². The largest absolute Gasteiger partial charge is 0.334 e. The Bertz CT molecular complexity index is 620. The van der Waals surface area contributed by atoms with E-state index in [2.05, 4.69) is 15.6 Å². The zero-order valence-corrected chi connectivity index (χ0v) is 13.0. The molecule has 0 radical (unpaired) electrons. The Morgan fingerprint density at radius 1 is 1.14 bits per heavy atom. The van der Waals surface area contributed by atoms with Gasteiger partial charge in [0.05, 0.1) is 10.3 Å². The minimum absolute atomic E-state index is 0.346. The number of aromatic nitrogens is 1. The molecule has 0 aliphatic heterocycles. The fraction of sp³-hybridized carbons (Fsp3) is 0.188. The molecular weight excluding hydrogens is 298 g/mol. The third-order valence-electron chi connectivity index (χ3n) is 2.84. The van der Waals surface area contributed by atoms with E-state index in [-0.39, 0.29) is 5.91 Å². The molecular formula is C16H17N3O2S. The summed E-state index contributed by atoms with van der Waals surface area (Å²) in [5, 5.41) is 5.33. The molecule has 6 heteroatoms. The molecule has 2 rings (SSSR count). The maximum absolute atomic E-state index is 11.9. The van der Waals surface area contributed by atoms with Crippen molar-refractivity contribution in [1.82, 2.24) is 15.6 Å². The summed E-state index contributed by atoms with van der Waals surface area (Å²) in [6.07, 6.45) is 1.67. The first kappa shape index (κ1) is 16.0. The van der Waals surface area contributed by atoms with Gasteiger partial charge in [-0.1, -0.05) is 48.2 Å². The standard InChI is InChI=1S/C16H17N3O2S/c1-12(22-14-9-5-6-10-17-14)15(20)19-16(21)18-11-13-7-3-2-4-8-13/h2-10,12H,11H2,1H3,(H2,18,19,20,21). The molecule has 0 spiro atoms. The molecule has 2 aromatic rings. The maximum atomic E-state index is 11.9. The number of amides is 3. The van der Waals surface area contributed by atoms with Gasteiger partial charge in [-0.3, -0.25) is 10.1 Å². The molecule has 0 aliphatic carbocycles. The van der Waals surface area contributed by atoms with Crippen LogP contribution in [0.2, 0.25) is 0 Å². The highest BCUT2D eigenvalue weighted by Crippen LogP contribution is 2.20. The lowest BCUT2D eigenvalue weighted by molar-refractivity contribution is -0.119. The molecule has 0 aliphatic rings. The number of rotatable bonds is 5.